The van der Waals surface area contributed by atoms with Crippen molar-refractivity contribution in [1.82, 2.24) is 9.62 Å². The molecule has 2 aromatic carbocycles. The number of nitrogens with one attached hydrogen (secondary N) is 1. The van der Waals surface area contributed by atoms with Crippen LogP contribution in [0.2, 0.25) is 0 Å². The van der Waals surface area contributed by atoms with Gasteiger partial charge in [-0.2, -0.15) is 11.3 Å². The summed E-state index contributed by atoms with van der Waals surface area (Å²) >= 11 is 1.63. The highest BCUT2D eigenvalue weighted by molar-refractivity contribution is 7.89. The molecule has 0 saturated heterocycles. The fraction of sp³-hybridized carbons (Fsp3) is 0.273. The molecule has 0 bridgehead atoms. The molecule has 4 rings (SSSR count). The van der Waals surface area contributed by atoms with Crippen LogP contribution in [-0.2, 0) is 23.0 Å². The second-order valence-corrected chi connectivity index (χ2v) is 9.64. The molecular formula is C22H24N2O3S2. The molecule has 1 N–H and O–H groups in total. The van der Waals surface area contributed by atoms with Crippen LogP contribution >= 0.6 is 11.3 Å². The van der Waals surface area contributed by atoms with Gasteiger partial charge in [-0.25, -0.2) is 13.1 Å². The Morgan fingerprint density at radius 2 is 1.86 bits per heavy atom. The van der Waals surface area contributed by atoms with Gasteiger partial charge in [-0.1, -0.05) is 24.3 Å². The van der Waals surface area contributed by atoms with Gasteiger partial charge in [-0.05, 0) is 64.2 Å². The van der Waals surface area contributed by atoms with Crippen LogP contribution in [0.15, 0.2) is 70.3 Å². The molecule has 1 aliphatic heterocycles. The molecule has 1 atom stereocenters. The molecule has 29 heavy (non-hydrogen) atoms. The second kappa shape index (κ2) is 8.67. The number of nitrogens with zero attached hydrogens (tertiary/aromatic N) is 1. The standard InChI is InChI=1S/C22H24N2O3S2/c1-27-20-6-8-21(9-7-20)29(25,26)23-14-22(19-11-13-28-16-19)24-12-10-17-4-2-3-5-18(17)15-24/h2-9,11,13,16,22-23H,10,12,14-15H2,1H3/t22-/m0/s1. The zero-order valence-corrected chi connectivity index (χ0v) is 17.9. The third kappa shape index (κ3) is 4.53. The normalized spacial score (nSPS) is 15.6. The first kappa shape index (κ1) is 20.1. The Hall–Kier alpha value is -2.19. The maximum absolute atomic E-state index is 12.8. The summed E-state index contributed by atoms with van der Waals surface area (Å²) < 4.78 is 33.6. The Bertz CT molecular complexity index is 1050. The van der Waals surface area contributed by atoms with Gasteiger partial charge in [0.25, 0.3) is 0 Å². The summed E-state index contributed by atoms with van der Waals surface area (Å²) in [7, 11) is -2.04. The van der Waals surface area contributed by atoms with E-state index < -0.39 is 10.0 Å². The number of ether oxygens (including phenoxy) is 1. The summed E-state index contributed by atoms with van der Waals surface area (Å²) in [5.41, 5.74) is 3.84. The zero-order chi connectivity index (χ0) is 20.3. The molecule has 5 nitrogen and oxygen atoms in total. The quantitative estimate of drug-likeness (QED) is 0.621. The molecule has 0 unspecified atom stereocenters. The highest BCUT2D eigenvalue weighted by atomic mass is 32.2. The van der Waals surface area contributed by atoms with Crippen molar-refractivity contribution in [3.8, 4) is 5.75 Å². The Morgan fingerprint density at radius 1 is 1.10 bits per heavy atom. The minimum Gasteiger partial charge on any atom is -0.497 e. The van der Waals surface area contributed by atoms with Crippen LogP contribution in [0.1, 0.15) is 22.7 Å². The fourth-order valence-corrected chi connectivity index (χ4v) is 5.48. The predicted octanol–water partition coefficient (Wildman–Crippen LogP) is 3.83. The molecule has 152 valence electrons. The van der Waals surface area contributed by atoms with E-state index in [0.717, 1.165) is 25.1 Å². The van der Waals surface area contributed by atoms with E-state index in [4.69, 9.17) is 4.74 Å². The Balaban J connectivity index is 1.52. The van der Waals surface area contributed by atoms with Crippen LogP contribution in [-0.4, -0.2) is 33.5 Å². The molecular weight excluding hydrogens is 404 g/mol. The van der Waals surface area contributed by atoms with Gasteiger partial charge in [0.05, 0.1) is 12.0 Å². The SMILES string of the molecule is COc1ccc(S(=O)(=O)NC[C@@H](c2ccsc2)N2CCc3ccccc3C2)cc1. The number of sulfonamides is 1. The first-order chi connectivity index (χ1) is 14.1. The van der Waals surface area contributed by atoms with Crippen molar-refractivity contribution in [3.63, 3.8) is 0 Å². The highest BCUT2D eigenvalue weighted by Gasteiger charge is 2.27. The van der Waals surface area contributed by atoms with E-state index in [1.54, 1.807) is 42.7 Å². The van der Waals surface area contributed by atoms with Crippen molar-refractivity contribution in [2.75, 3.05) is 20.2 Å². The number of thiophene rings is 1. The summed E-state index contributed by atoms with van der Waals surface area (Å²) in [6.07, 6.45) is 0.974. The topological polar surface area (TPSA) is 58.6 Å². The minimum atomic E-state index is -3.60. The average molecular weight is 429 g/mol. The Kier molecular flexibility index (Phi) is 6.01. The fourth-order valence-electron chi connectivity index (χ4n) is 3.73. The average Bonchev–Trinajstić information content (AvgIpc) is 3.28. The van der Waals surface area contributed by atoms with Gasteiger partial charge in [0.2, 0.25) is 10.0 Å². The third-order valence-corrected chi connectivity index (χ3v) is 7.51. The molecule has 1 aromatic heterocycles. The Morgan fingerprint density at radius 3 is 2.55 bits per heavy atom. The number of rotatable bonds is 7. The first-order valence-corrected chi connectivity index (χ1v) is 12.0. The largest absolute Gasteiger partial charge is 0.497 e. The van der Waals surface area contributed by atoms with E-state index in [1.165, 1.54) is 11.1 Å². The summed E-state index contributed by atoms with van der Waals surface area (Å²) in [5, 5.41) is 4.14. The number of hydrogen-bond acceptors (Lipinski definition) is 5. The third-order valence-electron chi connectivity index (χ3n) is 5.37. The summed E-state index contributed by atoms with van der Waals surface area (Å²) in [6.45, 7) is 2.05. The van der Waals surface area contributed by atoms with Gasteiger partial charge in [0.15, 0.2) is 0 Å². The molecule has 0 spiro atoms. The summed E-state index contributed by atoms with van der Waals surface area (Å²) in [5.74, 6) is 0.632. The number of hydrogen-bond donors (Lipinski definition) is 1. The highest BCUT2D eigenvalue weighted by Crippen LogP contribution is 2.29. The van der Waals surface area contributed by atoms with E-state index in [-0.39, 0.29) is 10.9 Å². The molecule has 3 aromatic rings. The number of fused-ring (bicyclic) bond motifs is 1. The smallest absolute Gasteiger partial charge is 0.240 e. The molecule has 2 heterocycles. The molecule has 0 saturated carbocycles. The van der Waals surface area contributed by atoms with Crippen LogP contribution in [0.25, 0.3) is 0 Å². The molecule has 7 heteroatoms. The summed E-state index contributed by atoms with van der Waals surface area (Å²) in [6, 6.07) is 17.0. The van der Waals surface area contributed by atoms with E-state index in [2.05, 4.69) is 45.3 Å². The van der Waals surface area contributed by atoms with Crippen molar-refractivity contribution in [3.05, 3.63) is 82.0 Å². The predicted molar refractivity (Wildman–Crippen MR) is 116 cm³/mol. The van der Waals surface area contributed by atoms with Crippen LogP contribution in [0.3, 0.4) is 0 Å². The van der Waals surface area contributed by atoms with E-state index in [0.29, 0.717) is 12.3 Å². The van der Waals surface area contributed by atoms with Gasteiger partial charge in [-0.3, -0.25) is 4.90 Å². The van der Waals surface area contributed by atoms with Crippen molar-refractivity contribution < 1.29 is 13.2 Å². The lowest BCUT2D eigenvalue weighted by Gasteiger charge is -2.35. The Labute approximate surface area is 176 Å². The van der Waals surface area contributed by atoms with E-state index >= 15 is 0 Å². The van der Waals surface area contributed by atoms with Gasteiger partial charge in [0.1, 0.15) is 5.75 Å². The van der Waals surface area contributed by atoms with E-state index in [9.17, 15) is 8.42 Å². The summed E-state index contributed by atoms with van der Waals surface area (Å²) in [4.78, 5) is 2.60. The molecule has 0 fully saturated rings. The van der Waals surface area contributed by atoms with Crippen LogP contribution in [0.4, 0.5) is 0 Å². The van der Waals surface area contributed by atoms with Crippen LogP contribution in [0, 0.1) is 0 Å². The number of methoxy groups -OCH3 is 1. The van der Waals surface area contributed by atoms with Crippen molar-refractivity contribution in [2.24, 2.45) is 0 Å². The second-order valence-electron chi connectivity index (χ2n) is 7.09. The maximum atomic E-state index is 12.8. The molecule has 0 aliphatic carbocycles. The lowest BCUT2D eigenvalue weighted by molar-refractivity contribution is 0.181. The lowest BCUT2D eigenvalue weighted by Crippen LogP contribution is -2.40. The minimum absolute atomic E-state index is 0.0115. The monoisotopic (exact) mass is 428 g/mol. The number of benzene rings is 2. The van der Waals surface area contributed by atoms with Crippen molar-refractivity contribution in [1.29, 1.82) is 0 Å². The molecule has 1 aliphatic rings. The van der Waals surface area contributed by atoms with Gasteiger partial charge in [0, 0.05) is 25.7 Å². The van der Waals surface area contributed by atoms with Gasteiger partial charge < -0.3 is 4.74 Å². The molecule has 0 radical (unpaired) electrons. The maximum Gasteiger partial charge on any atom is 0.240 e. The first-order valence-electron chi connectivity index (χ1n) is 9.53. The molecule has 0 amide bonds. The zero-order valence-electron chi connectivity index (χ0n) is 16.2. The van der Waals surface area contributed by atoms with Crippen LogP contribution < -0.4 is 9.46 Å². The van der Waals surface area contributed by atoms with Crippen LogP contribution in [0.5, 0.6) is 5.75 Å². The van der Waals surface area contributed by atoms with Crippen molar-refractivity contribution >= 4 is 21.4 Å². The van der Waals surface area contributed by atoms with Gasteiger partial charge in [-0.15, -0.1) is 0 Å². The van der Waals surface area contributed by atoms with Gasteiger partial charge >= 0.3 is 0 Å². The van der Waals surface area contributed by atoms with Crippen molar-refractivity contribution in [2.45, 2.75) is 23.9 Å². The van der Waals surface area contributed by atoms with E-state index in [1.807, 2.05) is 5.38 Å². The lowest BCUT2D eigenvalue weighted by atomic mass is 9.97.